The van der Waals surface area contributed by atoms with Crippen molar-refractivity contribution in [2.45, 2.75) is 35.7 Å². The minimum atomic E-state index is -3.85. The smallest absolute Gasteiger partial charge is 0.355 e. The number of amides is 1. The lowest BCUT2D eigenvalue weighted by Crippen LogP contribution is -2.36. The van der Waals surface area contributed by atoms with Crippen molar-refractivity contribution in [3.05, 3.63) is 83.4 Å². The second-order valence-corrected chi connectivity index (χ2v) is 12.5. The topological polar surface area (TPSA) is 138 Å². The highest BCUT2D eigenvalue weighted by molar-refractivity contribution is 7.93. The Morgan fingerprint density at radius 3 is 2.79 bits per heavy atom. The number of para-hydroxylation sites is 1. The number of furan rings is 1. The molecule has 2 unspecified atom stereocenters. The summed E-state index contributed by atoms with van der Waals surface area (Å²) in [4.78, 5) is 28.6. The van der Waals surface area contributed by atoms with Crippen molar-refractivity contribution in [2.24, 2.45) is 0 Å². The normalized spacial score (nSPS) is 16.9. The van der Waals surface area contributed by atoms with Crippen LogP contribution in [0.3, 0.4) is 0 Å². The molecule has 2 atom stereocenters. The molecule has 2 N–H and O–H groups in total. The van der Waals surface area contributed by atoms with E-state index in [9.17, 15) is 23.1 Å². The van der Waals surface area contributed by atoms with Crippen molar-refractivity contribution in [1.29, 1.82) is 0 Å². The second-order valence-electron chi connectivity index (χ2n) is 9.32. The summed E-state index contributed by atoms with van der Waals surface area (Å²) in [7, 11) is -3.85. The predicted octanol–water partition coefficient (Wildman–Crippen LogP) is 4.18. The Kier molecular flexibility index (Phi) is 7.65. The highest BCUT2D eigenvalue weighted by atomic mass is 32.2. The van der Waals surface area contributed by atoms with Crippen molar-refractivity contribution in [3.63, 3.8) is 0 Å². The first-order valence-electron chi connectivity index (χ1n) is 12.3. The van der Waals surface area contributed by atoms with Crippen LogP contribution in [-0.4, -0.2) is 64.8 Å². The number of nitrogens with zero attached hydrogens (tertiary/aromatic N) is 2. The van der Waals surface area contributed by atoms with E-state index < -0.39 is 21.9 Å². The van der Waals surface area contributed by atoms with Crippen molar-refractivity contribution >= 4 is 44.0 Å². The van der Waals surface area contributed by atoms with Gasteiger partial charge < -0.3 is 19.5 Å². The number of likely N-dealkylation sites (tertiary alicyclic amines) is 1. The summed E-state index contributed by atoms with van der Waals surface area (Å²) in [6.07, 6.45) is 3.74. The molecule has 11 heteroatoms. The van der Waals surface area contributed by atoms with Crippen LogP contribution in [0, 0.1) is 0 Å². The molecule has 1 aliphatic heterocycles. The first-order chi connectivity index (χ1) is 18.7. The SMILES string of the molecule is O=C(O)c1csc(S(=O)(=O)CCN2C(=O)CCC2C=CC(O)Cc2cccc(-c3cc4ccccc4o3)c2)n1. The number of fused-ring (bicyclic) bond motifs is 1. The quantitative estimate of drug-likeness (QED) is 0.273. The van der Waals surface area contributed by atoms with Gasteiger partial charge in [-0.3, -0.25) is 4.79 Å². The number of sulfone groups is 1. The predicted molar refractivity (Wildman–Crippen MR) is 146 cm³/mol. The molecule has 0 saturated carbocycles. The summed E-state index contributed by atoms with van der Waals surface area (Å²) in [5.74, 6) is -1.09. The van der Waals surface area contributed by atoms with Gasteiger partial charge in [0.1, 0.15) is 11.3 Å². The van der Waals surface area contributed by atoms with Crippen molar-refractivity contribution in [3.8, 4) is 11.3 Å². The molecule has 5 rings (SSSR count). The Hall–Kier alpha value is -3.80. The number of hydrogen-bond donors (Lipinski definition) is 2. The number of aliphatic hydroxyl groups excluding tert-OH is 1. The van der Waals surface area contributed by atoms with Crippen molar-refractivity contribution in [1.82, 2.24) is 9.88 Å². The van der Waals surface area contributed by atoms with E-state index in [0.29, 0.717) is 12.8 Å². The van der Waals surface area contributed by atoms with Gasteiger partial charge in [-0.15, -0.1) is 11.3 Å². The van der Waals surface area contributed by atoms with Crippen LogP contribution in [-0.2, 0) is 21.1 Å². The molecular formula is C28H26N2O7S2. The molecule has 1 fully saturated rings. The zero-order chi connectivity index (χ0) is 27.6. The Balaban J connectivity index is 1.21. The molecule has 0 bridgehead atoms. The lowest BCUT2D eigenvalue weighted by molar-refractivity contribution is -0.128. The largest absolute Gasteiger partial charge is 0.476 e. The van der Waals surface area contributed by atoms with Crippen LogP contribution in [0.4, 0.5) is 0 Å². The first kappa shape index (κ1) is 26.8. The Labute approximate surface area is 228 Å². The molecule has 0 spiro atoms. The number of aliphatic hydroxyl groups is 1. The Bertz CT molecular complexity index is 1620. The molecule has 0 aliphatic carbocycles. The number of hydrogen-bond acceptors (Lipinski definition) is 8. The lowest BCUT2D eigenvalue weighted by Gasteiger charge is -2.22. The number of carbonyl (C=O) groups excluding carboxylic acids is 1. The third-order valence-electron chi connectivity index (χ3n) is 6.58. The molecule has 39 heavy (non-hydrogen) atoms. The maximum absolute atomic E-state index is 12.6. The maximum atomic E-state index is 12.6. The average molecular weight is 567 g/mol. The second kappa shape index (κ2) is 11.1. The van der Waals surface area contributed by atoms with E-state index in [1.165, 1.54) is 10.3 Å². The van der Waals surface area contributed by atoms with Gasteiger partial charge in [-0.25, -0.2) is 18.2 Å². The number of rotatable bonds is 10. The molecule has 202 valence electrons. The summed E-state index contributed by atoms with van der Waals surface area (Å²) in [5.41, 5.74) is 2.30. The van der Waals surface area contributed by atoms with Crippen LogP contribution in [0.5, 0.6) is 0 Å². The molecular weight excluding hydrogens is 540 g/mol. The Morgan fingerprint density at radius 2 is 2.03 bits per heavy atom. The van der Waals surface area contributed by atoms with Gasteiger partial charge in [-0.1, -0.05) is 48.6 Å². The van der Waals surface area contributed by atoms with E-state index in [1.54, 1.807) is 12.2 Å². The van der Waals surface area contributed by atoms with E-state index >= 15 is 0 Å². The monoisotopic (exact) mass is 566 g/mol. The highest BCUT2D eigenvalue weighted by Crippen LogP contribution is 2.28. The van der Waals surface area contributed by atoms with E-state index in [0.717, 1.165) is 39.2 Å². The lowest BCUT2D eigenvalue weighted by atomic mass is 10.0. The zero-order valence-corrected chi connectivity index (χ0v) is 22.4. The van der Waals surface area contributed by atoms with Gasteiger partial charge in [0.2, 0.25) is 20.1 Å². The molecule has 1 aliphatic rings. The third-order valence-corrected chi connectivity index (χ3v) is 9.61. The summed E-state index contributed by atoms with van der Waals surface area (Å²) in [6.45, 7) is -0.0478. The number of aromatic nitrogens is 1. The van der Waals surface area contributed by atoms with E-state index in [2.05, 4.69) is 4.98 Å². The minimum absolute atomic E-state index is 0.0478. The summed E-state index contributed by atoms with van der Waals surface area (Å²) in [5, 5.41) is 21.9. The fourth-order valence-electron chi connectivity index (χ4n) is 4.59. The van der Waals surface area contributed by atoms with Gasteiger partial charge in [0, 0.05) is 35.7 Å². The van der Waals surface area contributed by atoms with E-state index in [4.69, 9.17) is 9.52 Å². The average Bonchev–Trinajstić information content (AvgIpc) is 3.65. The molecule has 2 aromatic carbocycles. The van der Waals surface area contributed by atoms with Gasteiger partial charge in [0.05, 0.1) is 17.9 Å². The van der Waals surface area contributed by atoms with Crippen LogP contribution < -0.4 is 0 Å². The molecule has 1 amide bonds. The van der Waals surface area contributed by atoms with Gasteiger partial charge in [-0.2, -0.15) is 0 Å². The Morgan fingerprint density at radius 1 is 1.21 bits per heavy atom. The van der Waals surface area contributed by atoms with E-state index in [-0.39, 0.29) is 40.7 Å². The van der Waals surface area contributed by atoms with E-state index in [1.807, 2.05) is 54.6 Å². The maximum Gasteiger partial charge on any atom is 0.355 e. The van der Waals surface area contributed by atoms with Gasteiger partial charge in [-0.05, 0) is 30.2 Å². The number of thiazole rings is 1. The van der Waals surface area contributed by atoms with Gasteiger partial charge in [0.25, 0.3) is 0 Å². The molecule has 3 heterocycles. The van der Waals surface area contributed by atoms with Crippen molar-refractivity contribution < 1.29 is 32.6 Å². The molecule has 2 aromatic heterocycles. The van der Waals surface area contributed by atoms with Crippen LogP contribution in [0.15, 0.2) is 80.9 Å². The van der Waals surface area contributed by atoms with Gasteiger partial charge >= 0.3 is 5.97 Å². The molecule has 1 saturated heterocycles. The number of carbonyl (C=O) groups is 2. The number of benzene rings is 2. The highest BCUT2D eigenvalue weighted by Gasteiger charge is 2.31. The number of carboxylic acid groups (broad SMARTS) is 1. The standard InChI is InChI=1S/C28H26N2O7S2/c31-22(15-18-4-3-6-19(14-18)25-16-20-5-1-2-7-24(20)37-25)10-8-21-9-11-26(32)30(21)12-13-39(35,36)28-29-23(17-38-28)27(33)34/h1-8,10,14,16-17,21-22,31H,9,11-13,15H2,(H,33,34). The summed E-state index contributed by atoms with van der Waals surface area (Å²) >= 11 is 0.748. The van der Waals surface area contributed by atoms with Crippen LogP contribution in [0.25, 0.3) is 22.3 Å². The first-order valence-corrected chi connectivity index (χ1v) is 14.9. The van der Waals surface area contributed by atoms with Crippen molar-refractivity contribution in [2.75, 3.05) is 12.3 Å². The van der Waals surface area contributed by atoms with Crippen LogP contribution >= 0.6 is 11.3 Å². The summed E-state index contributed by atoms with van der Waals surface area (Å²) in [6, 6.07) is 17.2. The summed E-state index contributed by atoms with van der Waals surface area (Å²) < 4.78 is 31.0. The zero-order valence-electron chi connectivity index (χ0n) is 20.8. The molecule has 9 nitrogen and oxygen atoms in total. The number of carboxylic acids is 1. The third kappa shape index (κ3) is 6.11. The van der Waals surface area contributed by atoms with Crippen LogP contribution in [0.2, 0.25) is 0 Å². The minimum Gasteiger partial charge on any atom is -0.476 e. The van der Waals surface area contributed by atoms with Gasteiger partial charge in [0.15, 0.2) is 5.69 Å². The fraction of sp³-hybridized carbons (Fsp3) is 0.250. The fourth-order valence-corrected chi connectivity index (χ4v) is 6.94. The molecule has 0 radical (unpaired) electrons. The number of aromatic carboxylic acids is 1. The molecule has 4 aromatic rings. The van der Waals surface area contributed by atoms with Crippen LogP contribution in [0.1, 0.15) is 28.9 Å².